The summed E-state index contributed by atoms with van der Waals surface area (Å²) in [6, 6.07) is 16.1. The van der Waals surface area contributed by atoms with Crippen molar-refractivity contribution in [3.63, 3.8) is 0 Å². The minimum atomic E-state index is 0.0834. The number of fused-ring (bicyclic) bond motifs is 1. The zero-order chi connectivity index (χ0) is 19.6. The van der Waals surface area contributed by atoms with Crippen LogP contribution in [-0.4, -0.2) is 40.7 Å². The Labute approximate surface area is 170 Å². The van der Waals surface area contributed by atoms with E-state index < -0.39 is 0 Å². The average molecular weight is 385 g/mol. The van der Waals surface area contributed by atoms with Crippen LogP contribution in [-0.2, 0) is 11.2 Å². The molecule has 0 atom stereocenters. The van der Waals surface area contributed by atoms with Gasteiger partial charge in [0.05, 0.1) is 5.69 Å². The topological polar surface area (TPSA) is 62.2 Å². The Morgan fingerprint density at radius 3 is 2.55 bits per heavy atom. The first-order chi connectivity index (χ1) is 14.3. The number of pyridine rings is 1. The maximum absolute atomic E-state index is 13.1. The van der Waals surface area contributed by atoms with Crippen molar-refractivity contribution in [3.8, 4) is 11.3 Å². The fourth-order valence-corrected chi connectivity index (χ4v) is 4.31. The molecule has 3 aromatic rings. The molecule has 0 spiro atoms. The number of rotatable bonds is 3. The van der Waals surface area contributed by atoms with Gasteiger partial charge in [0.25, 0.3) is 0 Å². The van der Waals surface area contributed by atoms with Crippen molar-refractivity contribution in [2.45, 2.75) is 19.3 Å². The average Bonchev–Trinajstić information content (AvgIpc) is 3.24. The summed E-state index contributed by atoms with van der Waals surface area (Å²) in [5.41, 5.74) is 4.15. The lowest BCUT2D eigenvalue weighted by Gasteiger charge is -2.33. The predicted octanol–water partition coefficient (Wildman–Crippen LogP) is 3.34. The first kappa shape index (κ1) is 17.8. The van der Waals surface area contributed by atoms with E-state index >= 15 is 0 Å². The lowest BCUT2D eigenvalue weighted by molar-refractivity contribution is -0.122. The van der Waals surface area contributed by atoms with E-state index in [2.05, 4.69) is 32.2 Å². The standard InChI is InChI=1S/C23H23N5O/c29-23(28-15-11-17-4-1-2-6-21(17)28)18-9-13-27(14-10-18)22-8-7-20(25-26-22)19-5-3-12-24-16-19/h1-8,12,16,18H,9-11,13-15H2. The molecule has 6 nitrogen and oxygen atoms in total. The van der Waals surface area contributed by atoms with Crippen molar-refractivity contribution in [1.29, 1.82) is 0 Å². The Balaban J connectivity index is 1.22. The van der Waals surface area contributed by atoms with Crippen LogP contribution in [0.5, 0.6) is 0 Å². The molecule has 0 unspecified atom stereocenters. The minimum absolute atomic E-state index is 0.0834. The van der Waals surface area contributed by atoms with Gasteiger partial charge in [0.15, 0.2) is 5.82 Å². The number of nitrogens with zero attached hydrogens (tertiary/aromatic N) is 5. The lowest BCUT2D eigenvalue weighted by atomic mass is 9.95. The van der Waals surface area contributed by atoms with Gasteiger partial charge in [0.1, 0.15) is 0 Å². The molecule has 146 valence electrons. The van der Waals surface area contributed by atoms with Crippen LogP contribution in [0.3, 0.4) is 0 Å². The molecule has 0 radical (unpaired) electrons. The molecule has 1 fully saturated rings. The van der Waals surface area contributed by atoms with Gasteiger partial charge in [-0.05, 0) is 55.2 Å². The molecule has 0 aliphatic carbocycles. The second-order valence-corrected chi connectivity index (χ2v) is 7.65. The molecule has 6 heteroatoms. The first-order valence-corrected chi connectivity index (χ1v) is 10.2. The Morgan fingerprint density at radius 1 is 0.931 bits per heavy atom. The SMILES string of the molecule is O=C(C1CCN(c2ccc(-c3cccnc3)nn2)CC1)N1CCc2ccccc21. The number of aromatic nitrogens is 3. The molecule has 1 saturated heterocycles. The van der Waals surface area contributed by atoms with Crippen LogP contribution in [0, 0.1) is 5.92 Å². The van der Waals surface area contributed by atoms with E-state index in [9.17, 15) is 4.79 Å². The summed E-state index contributed by atoms with van der Waals surface area (Å²) in [6.45, 7) is 2.46. The number of piperidine rings is 1. The minimum Gasteiger partial charge on any atom is -0.355 e. The molecule has 5 rings (SSSR count). The number of para-hydroxylation sites is 1. The lowest BCUT2D eigenvalue weighted by Crippen LogP contribution is -2.42. The molecule has 4 heterocycles. The third-order valence-electron chi connectivity index (χ3n) is 5.93. The second-order valence-electron chi connectivity index (χ2n) is 7.65. The Morgan fingerprint density at radius 2 is 1.79 bits per heavy atom. The van der Waals surface area contributed by atoms with E-state index in [4.69, 9.17) is 0 Å². The summed E-state index contributed by atoms with van der Waals surface area (Å²) >= 11 is 0. The van der Waals surface area contributed by atoms with E-state index in [0.29, 0.717) is 0 Å². The molecule has 2 aliphatic heterocycles. The van der Waals surface area contributed by atoms with Crippen LogP contribution in [0.15, 0.2) is 60.9 Å². The molecular weight excluding hydrogens is 362 g/mol. The van der Waals surface area contributed by atoms with Crippen LogP contribution >= 0.6 is 0 Å². The van der Waals surface area contributed by atoms with Gasteiger partial charge >= 0.3 is 0 Å². The number of amides is 1. The summed E-state index contributed by atoms with van der Waals surface area (Å²) in [4.78, 5) is 21.4. The summed E-state index contributed by atoms with van der Waals surface area (Å²) in [6.07, 6.45) is 6.20. The van der Waals surface area contributed by atoms with Crippen molar-refractivity contribution in [3.05, 3.63) is 66.5 Å². The van der Waals surface area contributed by atoms with Gasteiger partial charge < -0.3 is 9.80 Å². The first-order valence-electron chi connectivity index (χ1n) is 10.2. The monoisotopic (exact) mass is 385 g/mol. The zero-order valence-electron chi connectivity index (χ0n) is 16.2. The Bertz CT molecular complexity index is 997. The molecule has 2 aliphatic rings. The highest BCUT2D eigenvalue weighted by Crippen LogP contribution is 2.31. The van der Waals surface area contributed by atoms with E-state index in [1.165, 1.54) is 5.56 Å². The molecule has 1 aromatic carbocycles. The number of benzene rings is 1. The van der Waals surface area contributed by atoms with Crippen LogP contribution < -0.4 is 9.80 Å². The van der Waals surface area contributed by atoms with Crippen molar-refractivity contribution in [2.75, 3.05) is 29.4 Å². The summed E-state index contributed by atoms with van der Waals surface area (Å²) < 4.78 is 0. The fraction of sp³-hybridized carbons (Fsp3) is 0.304. The summed E-state index contributed by atoms with van der Waals surface area (Å²) in [5.74, 6) is 1.22. The third-order valence-corrected chi connectivity index (χ3v) is 5.93. The second kappa shape index (κ2) is 7.62. The predicted molar refractivity (Wildman–Crippen MR) is 113 cm³/mol. The van der Waals surface area contributed by atoms with E-state index in [-0.39, 0.29) is 11.8 Å². The Hall–Kier alpha value is -3.28. The maximum atomic E-state index is 13.1. The summed E-state index contributed by atoms with van der Waals surface area (Å²) in [7, 11) is 0. The maximum Gasteiger partial charge on any atom is 0.230 e. The van der Waals surface area contributed by atoms with Gasteiger partial charge in [-0.3, -0.25) is 9.78 Å². The number of hydrogen-bond donors (Lipinski definition) is 0. The highest BCUT2D eigenvalue weighted by atomic mass is 16.2. The zero-order valence-corrected chi connectivity index (χ0v) is 16.2. The van der Waals surface area contributed by atoms with Crippen LogP contribution in [0.2, 0.25) is 0 Å². The van der Waals surface area contributed by atoms with E-state index in [0.717, 1.165) is 61.7 Å². The van der Waals surface area contributed by atoms with Crippen LogP contribution in [0.1, 0.15) is 18.4 Å². The van der Waals surface area contributed by atoms with Gasteiger partial charge in [0, 0.05) is 49.2 Å². The van der Waals surface area contributed by atoms with Gasteiger partial charge in [-0.15, -0.1) is 10.2 Å². The molecule has 1 amide bonds. The van der Waals surface area contributed by atoms with Gasteiger partial charge in [0.2, 0.25) is 5.91 Å². The van der Waals surface area contributed by atoms with E-state index in [1.54, 1.807) is 12.4 Å². The largest absolute Gasteiger partial charge is 0.355 e. The number of anilines is 2. The van der Waals surface area contributed by atoms with Crippen LogP contribution in [0.4, 0.5) is 11.5 Å². The highest BCUT2D eigenvalue weighted by molar-refractivity contribution is 5.97. The Kier molecular flexibility index (Phi) is 4.68. The van der Waals surface area contributed by atoms with Crippen molar-refractivity contribution in [1.82, 2.24) is 15.2 Å². The van der Waals surface area contributed by atoms with Crippen molar-refractivity contribution < 1.29 is 4.79 Å². The quantitative estimate of drug-likeness (QED) is 0.692. The molecule has 0 bridgehead atoms. The van der Waals surface area contributed by atoms with Gasteiger partial charge in [-0.2, -0.15) is 0 Å². The molecule has 0 saturated carbocycles. The number of carbonyl (C=O) groups is 1. The molecule has 2 aromatic heterocycles. The molecular formula is C23H23N5O. The molecule has 0 N–H and O–H groups in total. The van der Waals surface area contributed by atoms with Gasteiger partial charge in [-0.1, -0.05) is 18.2 Å². The number of hydrogen-bond acceptors (Lipinski definition) is 5. The number of carbonyl (C=O) groups excluding carboxylic acids is 1. The van der Waals surface area contributed by atoms with Crippen molar-refractivity contribution >= 4 is 17.4 Å². The van der Waals surface area contributed by atoms with Crippen molar-refractivity contribution in [2.24, 2.45) is 5.92 Å². The fourth-order valence-electron chi connectivity index (χ4n) is 4.31. The third kappa shape index (κ3) is 3.46. The van der Waals surface area contributed by atoms with E-state index in [1.807, 2.05) is 41.3 Å². The van der Waals surface area contributed by atoms with Gasteiger partial charge in [-0.25, -0.2) is 0 Å². The highest BCUT2D eigenvalue weighted by Gasteiger charge is 2.32. The smallest absolute Gasteiger partial charge is 0.230 e. The normalized spacial score (nSPS) is 16.7. The summed E-state index contributed by atoms with van der Waals surface area (Å²) in [5, 5.41) is 8.77. The van der Waals surface area contributed by atoms with Crippen LogP contribution in [0.25, 0.3) is 11.3 Å². The molecule has 29 heavy (non-hydrogen) atoms.